The van der Waals surface area contributed by atoms with Gasteiger partial charge in [0.25, 0.3) is 0 Å². The highest BCUT2D eigenvalue weighted by molar-refractivity contribution is 5.60. The summed E-state index contributed by atoms with van der Waals surface area (Å²) in [6, 6.07) is 13.1. The maximum absolute atomic E-state index is 5.96. The van der Waals surface area contributed by atoms with Gasteiger partial charge >= 0.3 is 0 Å². The van der Waals surface area contributed by atoms with E-state index in [0.717, 1.165) is 12.2 Å². The van der Waals surface area contributed by atoms with Crippen LogP contribution in [0.2, 0.25) is 0 Å². The lowest BCUT2D eigenvalue weighted by molar-refractivity contribution is 0.438. The molecule has 0 radical (unpaired) electrons. The molecule has 3 rings (SSSR count). The zero-order chi connectivity index (χ0) is 12.5. The lowest BCUT2D eigenvalue weighted by Crippen LogP contribution is -2.37. The van der Waals surface area contributed by atoms with Crippen LogP contribution in [0.4, 0.5) is 5.69 Å². The first-order valence-corrected chi connectivity index (χ1v) is 6.41. The van der Waals surface area contributed by atoms with Crippen LogP contribution in [0.5, 0.6) is 0 Å². The van der Waals surface area contributed by atoms with Crippen LogP contribution < -0.4 is 10.6 Å². The van der Waals surface area contributed by atoms with Crippen LogP contribution in [0, 0.1) is 0 Å². The summed E-state index contributed by atoms with van der Waals surface area (Å²) in [5, 5.41) is 0. The molecule has 1 aliphatic heterocycles. The van der Waals surface area contributed by atoms with Crippen LogP contribution in [0.15, 0.2) is 47.1 Å². The summed E-state index contributed by atoms with van der Waals surface area (Å²) in [6.07, 6.45) is 2.79. The number of hydrogen-bond donors (Lipinski definition) is 1. The molecule has 0 bridgehead atoms. The molecule has 1 aromatic carbocycles. The van der Waals surface area contributed by atoms with E-state index in [0.29, 0.717) is 12.6 Å². The first-order chi connectivity index (χ1) is 8.81. The predicted molar refractivity (Wildman–Crippen MR) is 72.6 cm³/mol. The summed E-state index contributed by atoms with van der Waals surface area (Å²) >= 11 is 0. The van der Waals surface area contributed by atoms with Crippen molar-refractivity contribution in [2.24, 2.45) is 5.73 Å². The van der Waals surface area contributed by atoms with Crippen molar-refractivity contribution >= 4 is 5.69 Å². The van der Waals surface area contributed by atoms with Crippen molar-refractivity contribution in [2.75, 3.05) is 11.4 Å². The lowest BCUT2D eigenvalue weighted by atomic mass is 10.1. The predicted octanol–water partition coefficient (Wildman–Crippen LogP) is 2.73. The molecule has 3 nitrogen and oxygen atoms in total. The maximum Gasteiger partial charge on any atom is 0.127 e. The Hall–Kier alpha value is -1.74. The van der Waals surface area contributed by atoms with Crippen molar-refractivity contribution in [3.8, 4) is 0 Å². The van der Waals surface area contributed by atoms with Gasteiger partial charge in [-0.1, -0.05) is 18.2 Å². The fraction of sp³-hybridized carbons (Fsp3) is 0.333. The minimum absolute atomic E-state index is 0.124. The molecule has 2 atom stereocenters. The molecular weight excluding hydrogens is 224 g/mol. The highest BCUT2D eigenvalue weighted by Crippen LogP contribution is 2.38. The van der Waals surface area contributed by atoms with Crippen molar-refractivity contribution in [1.82, 2.24) is 0 Å². The van der Waals surface area contributed by atoms with Gasteiger partial charge in [-0.2, -0.15) is 0 Å². The number of fused-ring (bicyclic) bond motifs is 1. The average Bonchev–Trinajstić information content (AvgIpc) is 2.99. The molecule has 0 saturated carbocycles. The fourth-order valence-electron chi connectivity index (χ4n) is 2.91. The molecule has 1 aromatic heterocycles. The summed E-state index contributed by atoms with van der Waals surface area (Å²) in [6.45, 7) is 2.80. The number of rotatable bonds is 3. The topological polar surface area (TPSA) is 42.4 Å². The van der Waals surface area contributed by atoms with E-state index in [4.69, 9.17) is 10.2 Å². The van der Waals surface area contributed by atoms with E-state index < -0.39 is 0 Å². The molecule has 0 aliphatic carbocycles. The minimum atomic E-state index is 0.124. The van der Waals surface area contributed by atoms with Crippen molar-refractivity contribution < 1.29 is 4.42 Å². The molecule has 3 heteroatoms. The van der Waals surface area contributed by atoms with Crippen LogP contribution >= 0.6 is 0 Å². The lowest BCUT2D eigenvalue weighted by Gasteiger charge is -2.32. The molecule has 2 unspecified atom stereocenters. The van der Waals surface area contributed by atoms with Crippen molar-refractivity contribution in [2.45, 2.75) is 25.4 Å². The molecular formula is C15H18N2O. The Morgan fingerprint density at radius 1 is 1.33 bits per heavy atom. The van der Waals surface area contributed by atoms with Gasteiger partial charge in [-0.25, -0.2) is 0 Å². The smallest absolute Gasteiger partial charge is 0.127 e. The number of furan rings is 1. The second-order valence-corrected chi connectivity index (χ2v) is 4.86. The molecule has 0 fully saturated rings. The number of nitrogens with zero attached hydrogens (tertiary/aromatic N) is 1. The van der Waals surface area contributed by atoms with Gasteiger partial charge in [-0.3, -0.25) is 0 Å². The van der Waals surface area contributed by atoms with Gasteiger partial charge in [-0.05, 0) is 37.1 Å². The van der Waals surface area contributed by atoms with E-state index in [-0.39, 0.29) is 6.04 Å². The molecule has 2 heterocycles. The molecule has 0 spiro atoms. The Balaban J connectivity index is 2.00. The van der Waals surface area contributed by atoms with E-state index in [1.54, 1.807) is 6.26 Å². The van der Waals surface area contributed by atoms with Gasteiger partial charge < -0.3 is 15.1 Å². The molecule has 94 valence electrons. The molecule has 1 aliphatic rings. The van der Waals surface area contributed by atoms with Crippen LogP contribution in [0.1, 0.15) is 24.3 Å². The van der Waals surface area contributed by atoms with Crippen molar-refractivity contribution in [1.29, 1.82) is 0 Å². The highest BCUT2D eigenvalue weighted by atomic mass is 16.3. The van der Waals surface area contributed by atoms with Gasteiger partial charge in [-0.15, -0.1) is 0 Å². The summed E-state index contributed by atoms with van der Waals surface area (Å²) in [5.41, 5.74) is 8.65. The van der Waals surface area contributed by atoms with Gasteiger partial charge in [0, 0.05) is 18.3 Å². The summed E-state index contributed by atoms with van der Waals surface area (Å²) in [7, 11) is 0. The molecule has 0 saturated heterocycles. The second-order valence-electron chi connectivity index (χ2n) is 4.86. The van der Waals surface area contributed by atoms with E-state index in [9.17, 15) is 0 Å². The number of nitrogens with two attached hydrogens (primary N) is 1. The fourth-order valence-corrected chi connectivity index (χ4v) is 2.91. The third kappa shape index (κ3) is 1.71. The number of hydrogen-bond acceptors (Lipinski definition) is 3. The molecule has 0 amide bonds. The highest BCUT2D eigenvalue weighted by Gasteiger charge is 2.32. The third-order valence-electron chi connectivity index (χ3n) is 3.69. The SMILES string of the molecule is CC1Cc2ccccc2N1C(CN)c1ccco1. The Kier molecular flexibility index (Phi) is 2.84. The molecule has 18 heavy (non-hydrogen) atoms. The Morgan fingerprint density at radius 2 is 2.17 bits per heavy atom. The second kappa shape index (κ2) is 4.50. The third-order valence-corrected chi connectivity index (χ3v) is 3.69. The van der Waals surface area contributed by atoms with Crippen LogP contribution in [-0.2, 0) is 6.42 Å². The first kappa shape index (κ1) is 11.4. The largest absolute Gasteiger partial charge is 0.467 e. The zero-order valence-corrected chi connectivity index (χ0v) is 10.5. The van der Waals surface area contributed by atoms with Crippen molar-refractivity contribution in [3.63, 3.8) is 0 Å². The van der Waals surface area contributed by atoms with Crippen LogP contribution in [-0.4, -0.2) is 12.6 Å². The van der Waals surface area contributed by atoms with Gasteiger partial charge in [0.05, 0.1) is 12.3 Å². The monoisotopic (exact) mass is 242 g/mol. The average molecular weight is 242 g/mol. The molecule has 2 aromatic rings. The van der Waals surface area contributed by atoms with Crippen LogP contribution in [0.3, 0.4) is 0 Å². The van der Waals surface area contributed by atoms with Gasteiger partial charge in [0.15, 0.2) is 0 Å². The van der Waals surface area contributed by atoms with E-state index >= 15 is 0 Å². The first-order valence-electron chi connectivity index (χ1n) is 6.41. The van der Waals surface area contributed by atoms with Gasteiger partial charge in [0.2, 0.25) is 0 Å². The summed E-state index contributed by atoms with van der Waals surface area (Å²) in [4.78, 5) is 2.38. The normalized spacial score (nSPS) is 19.9. The number of anilines is 1. The number of benzene rings is 1. The minimum Gasteiger partial charge on any atom is -0.467 e. The van der Waals surface area contributed by atoms with Crippen LogP contribution in [0.25, 0.3) is 0 Å². The summed E-state index contributed by atoms with van der Waals surface area (Å²) in [5.74, 6) is 0.945. The zero-order valence-electron chi connectivity index (χ0n) is 10.5. The quantitative estimate of drug-likeness (QED) is 0.900. The van der Waals surface area contributed by atoms with Gasteiger partial charge in [0.1, 0.15) is 5.76 Å². The summed E-state index contributed by atoms with van der Waals surface area (Å²) < 4.78 is 5.54. The van der Waals surface area contributed by atoms with E-state index in [1.807, 2.05) is 12.1 Å². The van der Waals surface area contributed by atoms with E-state index in [2.05, 4.69) is 36.1 Å². The Morgan fingerprint density at radius 3 is 2.89 bits per heavy atom. The number of para-hydroxylation sites is 1. The van der Waals surface area contributed by atoms with E-state index in [1.165, 1.54) is 11.3 Å². The standard InChI is InChI=1S/C15H18N2O/c1-11-9-12-5-2-3-6-13(12)17(11)14(10-16)15-7-4-8-18-15/h2-8,11,14H,9-10,16H2,1H3. The Bertz CT molecular complexity index is 521. The maximum atomic E-state index is 5.96. The Labute approximate surface area is 107 Å². The van der Waals surface area contributed by atoms with Crippen molar-refractivity contribution in [3.05, 3.63) is 54.0 Å². The molecule has 2 N–H and O–H groups in total.